The molecule has 8 heteroatoms. The molecule has 148 valence electrons. The molecule has 0 saturated heterocycles. The van der Waals surface area contributed by atoms with Gasteiger partial charge in [0.15, 0.2) is 5.65 Å². The van der Waals surface area contributed by atoms with Crippen LogP contribution in [0.15, 0.2) is 48.8 Å². The number of halogens is 3. The average Bonchev–Trinajstić information content (AvgIpc) is 3.06. The van der Waals surface area contributed by atoms with Crippen molar-refractivity contribution in [2.45, 2.75) is 32.5 Å². The summed E-state index contributed by atoms with van der Waals surface area (Å²) >= 11 is 0. The lowest BCUT2D eigenvalue weighted by Crippen LogP contribution is -2.39. The Morgan fingerprint density at radius 2 is 1.93 bits per heavy atom. The Bertz CT molecular complexity index is 938. The number of benzene rings is 1. The monoisotopic (exact) mass is 390 g/mol. The number of hydrogen-bond donors (Lipinski definition) is 0. The molecule has 0 spiro atoms. The molecule has 1 amide bonds. The molecule has 1 aromatic carbocycles. The second kappa shape index (κ2) is 8.41. The van der Waals surface area contributed by atoms with Crippen LogP contribution < -0.4 is 0 Å². The van der Waals surface area contributed by atoms with Gasteiger partial charge in [0.25, 0.3) is 5.91 Å². The van der Waals surface area contributed by atoms with Crippen molar-refractivity contribution in [2.75, 3.05) is 13.1 Å². The Labute approximate surface area is 160 Å². The molecule has 0 bridgehead atoms. The third kappa shape index (κ3) is 4.88. The smallest absolute Gasteiger partial charge is 0.329 e. The molecule has 3 aromatic rings. The van der Waals surface area contributed by atoms with Gasteiger partial charge in [0.1, 0.15) is 6.54 Å². The number of carbonyl (C=O) groups excluding carboxylic acids is 1. The highest BCUT2D eigenvalue weighted by Crippen LogP contribution is 2.20. The number of pyridine rings is 1. The van der Waals surface area contributed by atoms with Crippen LogP contribution in [0.1, 0.15) is 35.7 Å². The molecule has 0 aliphatic carbocycles. The molecule has 3 rings (SSSR count). The Morgan fingerprint density at radius 1 is 1.18 bits per heavy atom. The fourth-order valence-electron chi connectivity index (χ4n) is 2.96. The Balaban J connectivity index is 1.83. The maximum atomic E-state index is 12.8. The van der Waals surface area contributed by atoms with E-state index in [-0.39, 0.29) is 12.1 Å². The van der Waals surface area contributed by atoms with E-state index in [2.05, 4.69) is 10.1 Å². The molecule has 0 atom stereocenters. The van der Waals surface area contributed by atoms with Crippen LogP contribution in [0.3, 0.4) is 0 Å². The van der Waals surface area contributed by atoms with Crippen molar-refractivity contribution < 1.29 is 18.0 Å². The van der Waals surface area contributed by atoms with E-state index in [9.17, 15) is 18.0 Å². The van der Waals surface area contributed by atoms with Gasteiger partial charge in [0.05, 0.1) is 18.3 Å². The van der Waals surface area contributed by atoms with Crippen molar-refractivity contribution in [3.05, 3.63) is 59.9 Å². The fourth-order valence-corrected chi connectivity index (χ4v) is 2.96. The van der Waals surface area contributed by atoms with Gasteiger partial charge in [-0.15, -0.1) is 0 Å². The van der Waals surface area contributed by atoms with Gasteiger partial charge in [-0.05, 0) is 18.1 Å². The predicted octanol–water partition coefficient (Wildman–Crippen LogP) is 4.28. The normalized spacial score (nSPS) is 11.7. The first-order chi connectivity index (χ1) is 13.4. The summed E-state index contributed by atoms with van der Waals surface area (Å²) < 4.78 is 40.2. The summed E-state index contributed by atoms with van der Waals surface area (Å²) in [5.41, 5.74) is 1.76. The molecule has 0 fully saturated rings. The Kier molecular flexibility index (Phi) is 5.96. The summed E-state index contributed by atoms with van der Waals surface area (Å²) in [7, 11) is 0. The lowest BCUT2D eigenvalue weighted by molar-refractivity contribution is -0.140. The van der Waals surface area contributed by atoms with Gasteiger partial charge in [-0.2, -0.15) is 18.3 Å². The van der Waals surface area contributed by atoms with Crippen LogP contribution >= 0.6 is 0 Å². The van der Waals surface area contributed by atoms with Crippen molar-refractivity contribution in [3.8, 4) is 0 Å². The molecule has 2 aromatic heterocycles. The van der Waals surface area contributed by atoms with E-state index >= 15 is 0 Å². The molecule has 0 unspecified atom stereocenters. The number of rotatable bonds is 7. The van der Waals surface area contributed by atoms with Crippen LogP contribution in [-0.2, 0) is 6.54 Å². The molecule has 2 heterocycles. The minimum atomic E-state index is -4.44. The molecule has 28 heavy (non-hydrogen) atoms. The van der Waals surface area contributed by atoms with Crippen LogP contribution in [0.4, 0.5) is 13.2 Å². The highest BCUT2D eigenvalue weighted by atomic mass is 19.4. The maximum Gasteiger partial charge on any atom is 0.406 e. The number of carbonyl (C=O) groups is 1. The van der Waals surface area contributed by atoms with E-state index in [1.54, 1.807) is 16.9 Å². The van der Waals surface area contributed by atoms with Crippen LogP contribution in [0.25, 0.3) is 11.0 Å². The summed E-state index contributed by atoms with van der Waals surface area (Å²) in [6.45, 7) is 1.17. The summed E-state index contributed by atoms with van der Waals surface area (Å²) in [6.07, 6.45) is -0.343. The largest absolute Gasteiger partial charge is 0.406 e. The van der Waals surface area contributed by atoms with E-state index in [0.717, 1.165) is 10.5 Å². The van der Waals surface area contributed by atoms with Crippen LogP contribution in [0.5, 0.6) is 0 Å². The molecular weight excluding hydrogens is 369 g/mol. The molecule has 0 N–H and O–H groups in total. The SMILES string of the molecule is CCCCN(CC(F)(F)F)C(=O)c1cnc2c(cnn2Cc2ccccc2)c1. The van der Waals surface area contributed by atoms with E-state index < -0.39 is 18.6 Å². The number of hydrogen-bond acceptors (Lipinski definition) is 3. The van der Waals surface area contributed by atoms with Gasteiger partial charge in [0, 0.05) is 18.1 Å². The Morgan fingerprint density at radius 3 is 2.61 bits per heavy atom. The first-order valence-corrected chi connectivity index (χ1v) is 9.09. The van der Waals surface area contributed by atoms with Gasteiger partial charge >= 0.3 is 6.18 Å². The zero-order valence-corrected chi connectivity index (χ0v) is 15.5. The zero-order valence-electron chi connectivity index (χ0n) is 15.5. The third-order valence-corrected chi connectivity index (χ3v) is 4.34. The summed E-state index contributed by atoms with van der Waals surface area (Å²) in [4.78, 5) is 17.8. The molecule has 0 aliphatic rings. The quantitative estimate of drug-likeness (QED) is 0.605. The van der Waals surface area contributed by atoms with Gasteiger partial charge in [0.2, 0.25) is 0 Å². The van der Waals surface area contributed by atoms with E-state index in [1.165, 1.54) is 6.20 Å². The van der Waals surface area contributed by atoms with Gasteiger partial charge < -0.3 is 4.90 Å². The number of aromatic nitrogens is 3. The standard InChI is InChI=1S/C20H21F3N4O/c1-2-3-9-26(14-20(21,22)23)19(28)17-10-16-12-25-27(18(16)24-11-17)13-15-7-5-4-6-8-15/h4-8,10-12H,2-3,9,13-14H2,1H3. The molecule has 0 radical (unpaired) electrons. The van der Waals surface area contributed by atoms with Gasteiger partial charge in [-0.1, -0.05) is 43.7 Å². The highest BCUT2D eigenvalue weighted by Gasteiger charge is 2.33. The zero-order chi connectivity index (χ0) is 20.1. The summed E-state index contributed by atoms with van der Waals surface area (Å²) in [5.74, 6) is -0.670. The summed E-state index contributed by atoms with van der Waals surface area (Å²) in [6, 6.07) is 11.3. The predicted molar refractivity (Wildman–Crippen MR) is 99.9 cm³/mol. The first kappa shape index (κ1) is 19.9. The van der Waals surface area contributed by atoms with Crippen molar-refractivity contribution in [2.24, 2.45) is 0 Å². The summed E-state index contributed by atoms with van der Waals surface area (Å²) in [5, 5.41) is 4.91. The molecule has 5 nitrogen and oxygen atoms in total. The second-order valence-corrected chi connectivity index (χ2v) is 6.62. The third-order valence-electron chi connectivity index (χ3n) is 4.34. The fraction of sp³-hybridized carbons (Fsp3) is 0.350. The number of fused-ring (bicyclic) bond motifs is 1. The van der Waals surface area contributed by atoms with E-state index in [1.807, 2.05) is 37.3 Å². The molecule has 0 saturated carbocycles. The first-order valence-electron chi connectivity index (χ1n) is 9.09. The van der Waals surface area contributed by atoms with E-state index in [4.69, 9.17) is 0 Å². The average molecular weight is 390 g/mol. The van der Waals surface area contributed by atoms with Crippen LogP contribution in [0, 0.1) is 0 Å². The number of nitrogens with zero attached hydrogens (tertiary/aromatic N) is 4. The lowest BCUT2D eigenvalue weighted by atomic mass is 10.2. The van der Waals surface area contributed by atoms with Gasteiger partial charge in [-0.3, -0.25) is 4.79 Å². The number of alkyl halides is 3. The van der Waals surface area contributed by atoms with Crippen LogP contribution in [0.2, 0.25) is 0 Å². The van der Waals surface area contributed by atoms with Crippen molar-refractivity contribution in [1.29, 1.82) is 0 Å². The van der Waals surface area contributed by atoms with Crippen LogP contribution in [-0.4, -0.2) is 44.8 Å². The number of unbranched alkanes of at least 4 members (excludes halogenated alkanes) is 1. The molecule has 0 aliphatic heterocycles. The molecular formula is C20H21F3N4O. The minimum absolute atomic E-state index is 0.0557. The highest BCUT2D eigenvalue weighted by molar-refractivity contribution is 5.96. The maximum absolute atomic E-state index is 12.8. The van der Waals surface area contributed by atoms with Crippen molar-refractivity contribution >= 4 is 16.9 Å². The van der Waals surface area contributed by atoms with E-state index in [0.29, 0.717) is 30.4 Å². The van der Waals surface area contributed by atoms with Crippen molar-refractivity contribution in [1.82, 2.24) is 19.7 Å². The van der Waals surface area contributed by atoms with Gasteiger partial charge in [-0.25, -0.2) is 9.67 Å². The second-order valence-electron chi connectivity index (χ2n) is 6.62. The number of amides is 1. The minimum Gasteiger partial charge on any atom is -0.329 e. The van der Waals surface area contributed by atoms with Crippen molar-refractivity contribution in [3.63, 3.8) is 0 Å². The lowest BCUT2D eigenvalue weighted by Gasteiger charge is -2.23. The Hall–Kier alpha value is -2.90. The topological polar surface area (TPSA) is 51.0 Å².